The van der Waals surface area contributed by atoms with Gasteiger partial charge in [0.25, 0.3) is 5.91 Å². The molecular formula is C16H14Cl2N2O2. The van der Waals surface area contributed by atoms with Gasteiger partial charge in [-0.1, -0.05) is 23.7 Å². The van der Waals surface area contributed by atoms with Crippen LogP contribution in [0.1, 0.15) is 15.9 Å². The normalized spacial score (nSPS) is 10.1. The van der Waals surface area contributed by atoms with Crippen molar-refractivity contribution in [2.75, 3.05) is 16.5 Å². The summed E-state index contributed by atoms with van der Waals surface area (Å²) in [5, 5.41) is 5.84. The lowest BCUT2D eigenvalue weighted by atomic mass is 10.1. The van der Waals surface area contributed by atoms with Crippen LogP contribution in [0.15, 0.2) is 42.5 Å². The van der Waals surface area contributed by atoms with E-state index in [0.717, 1.165) is 5.56 Å². The fourth-order valence-corrected chi connectivity index (χ4v) is 2.20. The van der Waals surface area contributed by atoms with Gasteiger partial charge >= 0.3 is 0 Å². The van der Waals surface area contributed by atoms with E-state index in [0.29, 0.717) is 22.0 Å². The number of hydrogen-bond donors (Lipinski definition) is 2. The van der Waals surface area contributed by atoms with Crippen LogP contribution in [0, 0.1) is 6.92 Å². The SMILES string of the molecule is Cc1cc(NC(=O)CCl)ccc1NC(=O)c1ccccc1Cl. The quantitative estimate of drug-likeness (QED) is 0.826. The first kappa shape index (κ1) is 16.3. The molecule has 2 rings (SSSR count). The van der Waals surface area contributed by atoms with Crippen molar-refractivity contribution in [1.29, 1.82) is 0 Å². The van der Waals surface area contributed by atoms with Crippen LogP contribution in [-0.4, -0.2) is 17.7 Å². The molecule has 0 radical (unpaired) electrons. The Labute approximate surface area is 138 Å². The average Bonchev–Trinajstić information content (AvgIpc) is 2.50. The topological polar surface area (TPSA) is 58.2 Å². The number of rotatable bonds is 4. The van der Waals surface area contributed by atoms with Crippen molar-refractivity contribution >= 4 is 46.4 Å². The Balaban J connectivity index is 2.15. The van der Waals surface area contributed by atoms with Gasteiger partial charge in [-0.15, -0.1) is 11.6 Å². The molecule has 2 N–H and O–H groups in total. The van der Waals surface area contributed by atoms with Crippen LogP contribution in [0.2, 0.25) is 5.02 Å². The fourth-order valence-electron chi connectivity index (χ4n) is 1.91. The van der Waals surface area contributed by atoms with E-state index in [1.165, 1.54) is 0 Å². The Morgan fingerprint density at radius 2 is 1.82 bits per heavy atom. The van der Waals surface area contributed by atoms with Crippen LogP contribution >= 0.6 is 23.2 Å². The molecule has 0 aliphatic heterocycles. The van der Waals surface area contributed by atoms with Crippen molar-refractivity contribution in [3.05, 3.63) is 58.6 Å². The average molecular weight is 337 g/mol. The van der Waals surface area contributed by atoms with Gasteiger partial charge in [-0.2, -0.15) is 0 Å². The molecule has 0 saturated heterocycles. The van der Waals surface area contributed by atoms with E-state index in [1.54, 1.807) is 42.5 Å². The first-order chi connectivity index (χ1) is 10.5. The van der Waals surface area contributed by atoms with E-state index in [9.17, 15) is 9.59 Å². The lowest BCUT2D eigenvalue weighted by molar-refractivity contribution is -0.113. The number of hydrogen-bond acceptors (Lipinski definition) is 2. The Morgan fingerprint density at radius 3 is 2.45 bits per heavy atom. The minimum Gasteiger partial charge on any atom is -0.325 e. The molecule has 0 unspecified atom stereocenters. The van der Waals surface area contributed by atoms with E-state index in [1.807, 2.05) is 6.92 Å². The number of alkyl halides is 1. The van der Waals surface area contributed by atoms with Crippen molar-refractivity contribution in [1.82, 2.24) is 0 Å². The third kappa shape index (κ3) is 4.00. The second-order valence-electron chi connectivity index (χ2n) is 4.65. The van der Waals surface area contributed by atoms with E-state index in [-0.39, 0.29) is 17.7 Å². The summed E-state index contributed by atoms with van der Waals surface area (Å²) in [5.41, 5.74) is 2.49. The van der Waals surface area contributed by atoms with Crippen LogP contribution in [0.3, 0.4) is 0 Å². The third-order valence-electron chi connectivity index (χ3n) is 3.00. The highest BCUT2D eigenvalue weighted by Gasteiger charge is 2.11. The second-order valence-corrected chi connectivity index (χ2v) is 5.32. The number of nitrogens with one attached hydrogen (secondary N) is 2. The summed E-state index contributed by atoms with van der Waals surface area (Å²) >= 11 is 11.4. The Kier molecular flexibility index (Phi) is 5.41. The van der Waals surface area contributed by atoms with Gasteiger partial charge in [-0.3, -0.25) is 9.59 Å². The van der Waals surface area contributed by atoms with Gasteiger partial charge < -0.3 is 10.6 Å². The summed E-state index contributed by atoms with van der Waals surface area (Å²) in [5.74, 6) is -0.676. The van der Waals surface area contributed by atoms with Gasteiger partial charge in [0.1, 0.15) is 5.88 Å². The van der Waals surface area contributed by atoms with Crippen molar-refractivity contribution < 1.29 is 9.59 Å². The Bertz CT molecular complexity index is 717. The molecule has 0 bridgehead atoms. The molecular weight excluding hydrogens is 323 g/mol. The maximum atomic E-state index is 12.2. The molecule has 22 heavy (non-hydrogen) atoms. The highest BCUT2D eigenvalue weighted by molar-refractivity contribution is 6.34. The number of benzene rings is 2. The molecule has 2 amide bonds. The molecule has 0 aliphatic carbocycles. The maximum Gasteiger partial charge on any atom is 0.257 e. The van der Waals surface area contributed by atoms with Gasteiger partial charge in [0.05, 0.1) is 10.6 Å². The summed E-state index contributed by atoms with van der Waals surface area (Å²) in [6.45, 7) is 1.83. The number of carbonyl (C=O) groups excluding carboxylic acids is 2. The molecule has 0 aliphatic rings. The van der Waals surface area contributed by atoms with E-state index < -0.39 is 0 Å². The van der Waals surface area contributed by atoms with Crippen molar-refractivity contribution in [2.24, 2.45) is 0 Å². The lowest BCUT2D eigenvalue weighted by Gasteiger charge is -2.11. The maximum absolute atomic E-state index is 12.2. The zero-order chi connectivity index (χ0) is 16.1. The molecule has 0 aromatic heterocycles. The summed E-state index contributed by atoms with van der Waals surface area (Å²) in [6.07, 6.45) is 0. The molecule has 0 spiro atoms. The zero-order valence-electron chi connectivity index (χ0n) is 11.8. The number of amides is 2. The first-order valence-corrected chi connectivity index (χ1v) is 7.45. The molecule has 0 saturated carbocycles. The number of halogens is 2. The Hall–Kier alpha value is -2.04. The summed E-state index contributed by atoms with van der Waals surface area (Å²) in [4.78, 5) is 23.5. The van der Waals surface area contributed by atoms with Gasteiger partial charge in [0.2, 0.25) is 5.91 Å². The van der Waals surface area contributed by atoms with Crippen molar-refractivity contribution in [2.45, 2.75) is 6.92 Å². The molecule has 2 aromatic carbocycles. The second kappa shape index (κ2) is 7.29. The number of carbonyl (C=O) groups is 2. The smallest absolute Gasteiger partial charge is 0.257 e. The van der Waals surface area contributed by atoms with Crippen LogP contribution in [0.25, 0.3) is 0 Å². The third-order valence-corrected chi connectivity index (χ3v) is 3.57. The van der Waals surface area contributed by atoms with E-state index in [2.05, 4.69) is 10.6 Å². The molecule has 0 fully saturated rings. The van der Waals surface area contributed by atoms with Gasteiger partial charge in [0, 0.05) is 11.4 Å². The summed E-state index contributed by atoms with van der Waals surface area (Å²) in [7, 11) is 0. The largest absolute Gasteiger partial charge is 0.325 e. The van der Waals surface area contributed by atoms with E-state index in [4.69, 9.17) is 23.2 Å². The number of aryl methyl sites for hydroxylation is 1. The molecule has 0 atom stereocenters. The summed E-state index contributed by atoms with van der Waals surface area (Å²) < 4.78 is 0. The monoisotopic (exact) mass is 336 g/mol. The van der Waals surface area contributed by atoms with Crippen LogP contribution in [0.5, 0.6) is 0 Å². The highest BCUT2D eigenvalue weighted by atomic mass is 35.5. The van der Waals surface area contributed by atoms with Gasteiger partial charge in [-0.25, -0.2) is 0 Å². The standard InChI is InChI=1S/C16H14Cl2N2O2/c1-10-8-11(19-15(21)9-17)6-7-14(10)20-16(22)12-4-2-3-5-13(12)18/h2-8H,9H2,1H3,(H,19,21)(H,20,22). The zero-order valence-corrected chi connectivity index (χ0v) is 13.3. The summed E-state index contributed by atoms with van der Waals surface area (Å²) in [6, 6.07) is 12.0. The van der Waals surface area contributed by atoms with Crippen LogP contribution < -0.4 is 10.6 Å². The van der Waals surface area contributed by atoms with Crippen molar-refractivity contribution in [3.63, 3.8) is 0 Å². The van der Waals surface area contributed by atoms with Gasteiger partial charge in [0.15, 0.2) is 0 Å². The molecule has 2 aromatic rings. The minimum absolute atomic E-state index is 0.107. The Morgan fingerprint density at radius 1 is 1.09 bits per heavy atom. The fraction of sp³-hybridized carbons (Fsp3) is 0.125. The predicted molar refractivity (Wildman–Crippen MR) is 89.9 cm³/mol. The van der Waals surface area contributed by atoms with Gasteiger partial charge in [-0.05, 0) is 42.8 Å². The van der Waals surface area contributed by atoms with Crippen molar-refractivity contribution in [3.8, 4) is 0 Å². The molecule has 4 nitrogen and oxygen atoms in total. The molecule has 6 heteroatoms. The first-order valence-electron chi connectivity index (χ1n) is 6.53. The molecule has 114 valence electrons. The highest BCUT2D eigenvalue weighted by Crippen LogP contribution is 2.22. The molecule has 0 heterocycles. The lowest BCUT2D eigenvalue weighted by Crippen LogP contribution is -2.15. The predicted octanol–water partition coefficient (Wildman–Crippen LogP) is 4.08. The van der Waals surface area contributed by atoms with Crippen LogP contribution in [0.4, 0.5) is 11.4 Å². The van der Waals surface area contributed by atoms with E-state index >= 15 is 0 Å². The number of anilines is 2. The minimum atomic E-state index is -0.286. The van der Waals surface area contributed by atoms with Crippen LogP contribution in [-0.2, 0) is 4.79 Å².